The average molecular weight is 216 g/mol. The predicted molar refractivity (Wildman–Crippen MR) is 49.8 cm³/mol. The van der Waals surface area contributed by atoms with E-state index in [1.807, 2.05) is 13.2 Å². The molecule has 0 unspecified atom stereocenters. The van der Waals surface area contributed by atoms with E-state index in [9.17, 15) is 0 Å². The number of aryl methyl sites for hydroxylation is 1. The molecule has 0 spiro atoms. The van der Waals surface area contributed by atoms with E-state index in [1.165, 1.54) is 0 Å². The summed E-state index contributed by atoms with van der Waals surface area (Å²) in [5.74, 6) is 0. The van der Waals surface area contributed by atoms with Gasteiger partial charge < -0.3 is 5.32 Å². The summed E-state index contributed by atoms with van der Waals surface area (Å²) in [5, 5.41) is 7.14. The molecular weight excluding hydrogens is 206 g/mol. The highest BCUT2D eigenvalue weighted by Crippen LogP contribution is 2.06. The van der Waals surface area contributed by atoms with Crippen LogP contribution in [0.2, 0.25) is 0 Å². The van der Waals surface area contributed by atoms with Crippen molar-refractivity contribution in [3.8, 4) is 0 Å². The van der Waals surface area contributed by atoms with E-state index in [2.05, 4.69) is 32.9 Å². The average Bonchev–Trinajstić information content (AvgIpc) is 2.31. The van der Waals surface area contributed by atoms with Gasteiger partial charge in [0.2, 0.25) is 0 Å². The lowest BCUT2D eigenvalue weighted by atomic mass is 10.5. The smallest absolute Gasteiger partial charge is 0.0729 e. The molecule has 60 valence electrons. The first-order chi connectivity index (χ1) is 5.18. The van der Waals surface area contributed by atoms with Crippen LogP contribution in [0.3, 0.4) is 0 Å². The van der Waals surface area contributed by atoms with E-state index in [1.54, 1.807) is 10.9 Å². The van der Waals surface area contributed by atoms with E-state index < -0.39 is 0 Å². The second kappa shape index (κ2) is 3.57. The van der Waals surface area contributed by atoms with Crippen LogP contribution >= 0.6 is 15.9 Å². The molecule has 0 saturated heterocycles. The van der Waals surface area contributed by atoms with Gasteiger partial charge in [-0.1, -0.05) is 22.5 Å². The van der Waals surface area contributed by atoms with Crippen LogP contribution in [0.15, 0.2) is 23.5 Å². The molecule has 0 radical (unpaired) electrons. The molecule has 0 amide bonds. The lowest BCUT2D eigenvalue weighted by Crippen LogP contribution is -1.98. The molecule has 1 N–H and O–H groups in total. The molecule has 0 aliphatic heterocycles. The Morgan fingerprint density at radius 2 is 2.64 bits per heavy atom. The van der Waals surface area contributed by atoms with Crippen molar-refractivity contribution in [1.82, 2.24) is 9.78 Å². The minimum atomic E-state index is 0.728. The Morgan fingerprint density at radius 1 is 1.91 bits per heavy atom. The SMILES string of the molecule is C=C(Br)CNc1cnn(C)c1. The van der Waals surface area contributed by atoms with E-state index in [4.69, 9.17) is 0 Å². The summed E-state index contributed by atoms with van der Waals surface area (Å²) in [6.07, 6.45) is 3.69. The highest BCUT2D eigenvalue weighted by Gasteiger charge is 1.93. The number of rotatable bonds is 3. The Morgan fingerprint density at radius 3 is 3.09 bits per heavy atom. The monoisotopic (exact) mass is 215 g/mol. The molecule has 1 aromatic rings. The van der Waals surface area contributed by atoms with Gasteiger partial charge in [0.05, 0.1) is 11.9 Å². The van der Waals surface area contributed by atoms with Gasteiger partial charge >= 0.3 is 0 Å². The summed E-state index contributed by atoms with van der Waals surface area (Å²) >= 11 is 3.25. The molecule has 11 heavy (non-hydrogen) atoms. The third kappa shape index (κ3) is 2.76. The zero-order chi connectivity index (χ0) is 8.27. The molecule has 3 nitrogen and oxygen atoms in total. The fourth-order valence-electron chi connectivity index (χ4n) is 0.710. The maximum absolute atomic E-state index is 4.00. The Bertz CT molecular complexity index is 254. The third-order valence-electron chi connectivity index (χ3n) is 1.19. The van der Waals surface area contributed by atoms with Crippen LogP contribution in [0, 0.1) is 0 Å². The molecule has 0 aliphatic carbocycles. The Kier molecular flexibility index (Phi) is 2.70. The van der Waals surface area contributed by atoms with Gasteiger partial charge in [-0.2, -0.15) is 5.10 Å². The van der Waals surface area contributed by atoms with E-state index in [-0.39, 0.29) is 0 Å². The second-order valence-corrected chi connectivity index (χ2v) is 3.39. The molecule has 0 saturated carbocycles. The van der Waals surface area contributed by atoms with Crippen LogP contribution in [-0.4, -0.2) is 16.3 Å². The highest BCUT2D eigenvalue weighted by atomic mass is 79.9. The normalized spacial score (nSPS) is 9.64. The number of hydrogen-bond acceptors (Lipinski definition) is 2. The Labute approximate surface area is 74.2 Å². The first kappa shape index (κ1) is 8.33. The van der Waals surface area contributed by atoms with Crippen molar-refractivity contribution in [1.29, 1.82) is 0 Å². The van der Waals surface area contributed by atoms with Crippen molar-refractivity contribution >= 4 is 21.6 Å². The molecule has 0 fully saturated rings. The largest absolute Gasteiger partial charge is 0.378 e. The lowest BCUT2D eigenvalue weighted by Gasteiger charge is -1.98. The fraction of sp³-hybridized carbons (Fsp3) is 0.286. The van der Waals surface area contributed by atoms with Gasteiger partial charge in [-0.15, -0.1) is 0 Å². The number of anilines is 1. The van der Waals surface area contributed by atoms with E-state index in [0.717, 1.165) is 16.7 Å². The van der Waals surface area contributed by atoms with Gasteiger partial charge in [0.25, 0.3) is 0 Å². The zero-order valence-electron chi connectivity index (χ0n) is 6.34. The summed E-state index contributed by atoms with van der Waals surface area (Å²) < 4.78 is 2.68. The van der Waals surface area contributed by atoms with Gasteiger partial charge in [-0.05, 0) is 0 Å². The van der Waals surface area contributed by atoms with E-state index >= 15 is 0 Å². The summed E-state index contributed by atoms with van der Waals surface area (Å²) in [6, 6.07) is 0. The van der Waals surface area contributed by atoms with Crippen LogP contribution in [-0.2, 0) is 7.05 Å². The molecule has 0 aliphatic rings. The van der Waals surface area contributed by atoms with Gasteiger partial charge in [-0.3, -0.25) is 4.68 Å². The molecule has 1 heterocycles. The first-order valence-electron chi connectivity index (χ1n) is 3.24. The molecule has 1 aromatic heterocycles. The predicted octanol–water partition coefficient (Wildman–Crippen LogP) is 1.74. The number of aromatic nitrogens is 2. The van der Waals surface area contributed by atoms with E-state index in [0.29, 0.717) is 0 Å². The van der Waals surface area contributed by atoms with Crippen molar-refractivity contribution in [3.05, 3.63) is 23.5 Å². The van der Waals surface area contributed by atoms with Crippen LogP contribution in [0.4, 0.5) is 5.69 Å². The van der Waals surface area contributed by atoms with Crippen molar-refractivity contribution in [2.75, 3.05) is 11.9 Å². The molecule has 0 aromatic carbocycles. The second-order valence-electron chi connectivity index (χ2n) is 2.27. The molecular formula is C7H10BrN3. The van der Waals surface area contributed by atoms with Crippen LogP contribution in [0.1, 0.15) is 0 Å². The standard InChI is InChI=1S/C7H10BrN3/c1-6(8)3-9-7-4-10-11(2)5-7/h4-5,9H,1,3H2,2H3. The minimum Gasteiger partial charge on any atom is -0.378 e. The summed E-state index contributed by atoms with van der Waals surface area (Å²) in [7, 11) is 1.88. The zero-order valence-corrected chi connectivity index (χ0v) is 7.93. The Hall–Kier alpha value is -0.770. The van der Waals surface area contributed by atoms with Crippen LogP contribution in [0.25, 0.3) is 0 Å². The lowest BCUT2D eigenvalue weighted by molar-refractivity contribution is 0.768. The highest BCUT2D eigenvalue weighted by molar-refractivity contribution is 9.11. The number of nitrogens with one attached hydrogen (secondary N) is 1. The van der Waals surface area contributed by atoms with Crippen LogP contribution < -0.4 is 5.32 Å². The molecule has 0 bridgehead atoms. The number of halogens is 1. The topological polar surface area (TPSA) is 29.9 Å². The summed E-state index contributed by atoms with van der Waals surface area (Å²) in [5.41, 5.74) is 1.01. The number of hydrogen-bond donors (Lipinski definition) is 1. The summed E-state index contributed by atoms with van der Waals surface area (Å²) in [4.78, 5) is 0. The van der Waals surface area contributed by atoms with Crippen LogP contribution in [0.5, 0.6) is 0 Å². The third-order valence-corrected chi connectivity index (χ3v) is 1.47. The number of nitrogens with zero attached hydrogens (tertiary/aromatic N) is 2. The minimum absolute atomic E-state index is 0.728. The first-order valence-corrected chi connectivity index (χ1v) is 4.03. The van der Waals surface area contributed by atoms with Crippen molar-refractivity contribution in [3.63, 3.8) is 0 Å². The van der Waals surface area contributed by atoms with Crippen molar-refractivity contribution in [2.24, 2.45) is 7.05 Å². The van der Waals surface area contributed by atoms with Gasteiger partial charge in [0, 0.05) is 24.3 Å². The van der Waals surface area contributed by atoms with Gasteiger partial charge in [0.15, 0.2) is 0 Å². The molecule has 4 heteroatoms. The summed E-state index contributed by atoms with van der Waals surface area (Å²) in [6.45, 7) is 4.43. The quantitative estimate of drug-likeness (QED) is 0.833. The maximum Gasteiger partial charge on any atom is 0.0729 e. The van der Waals surface area contributed by atoms with Crippen molar-refractivity contribution in [2.45, 2.75) is 0 Å². The fourth-order valence-corrected chi connectivity index (χ4v) is 0.851. The van der Waals surface area contributed by atoms with Gasteiger partial charge in [-0.25, -0.2) is 0 Å². The van der Waals surface area contributed by atoms with Crippen molar-refractivity contribution < 1.29 is 0 Å². The maximum atomic E-state index is 4.00. The van der Waals surface area contributed by atoms with Gasteiger partial charge in [0.1, 0.15) is 0 Å². The molecule has 1 rings (SSSR count). The Balaban J connectivity index is 2.45. The molecule has 0 atom stereocenters.